The third-order valence-electron chi connectivity index (χ3n) is 2.56. The molecule has 0 saturated heterocycles. The Morgan fingerprint density at radius 1 is 0.812 bits per heavy atom. The van der Waals surface area contributed by atoms with E-state index in [0.29, 0.717) is 0 Å². The highest BCUT2D eigenvalue weighted by atomic mass is 32.2. The molecule has 0 saturated carbocycles. The van der Waals surface area contributed by atoms with E-state index in [2.05, 4.69) is 20.8 Å². The van der Waals surface area contributed by atoms with Crippen molar-refractivity contribution in [3.8, 4) is 0 Å². The summed E-state index contributed by atoms with van der Waals surface area (Å²) in [5.41, 5.74) is 16.2. The molecule has 0 heterocycles. The zero-order valence-corrected chi connectivity index (χ0v) is 12.0. The molecule has 1 aromatic carbocycles. The molecule has 2 nitrogen and oxygen atoms in total. The minimum atomic E-state index is 0.849. The van der Waals surface area contributed by atoms with Gasteiger partial charge in [0.25, 0.3) is 0 Å². The van der Waals surface area contributed by atoms with Gasteiger partial charge in [0.1, 0.15) is 0 Å². The first-order chi connectivity index (χ1) is 7.54. The number of hydrogen-bond donors (Lipinski definition) is 2. The van der Waals surface area contributed by atoms with Gasteiger partial charge in [-0.05, 0) is 36.5 Å². The van der Waals surface area contributed by atoms with Crippen LogP contribution in [0, 0.1) is 13.8 Å². The van der Waals surface area contributed by atoms with Gasteiger partial charge >= 0.3 is 0 Å². The summed E-state index contributed by atoms with van der Waals surface area (Å²) in [7, 11) is 0. The summed E-state index contributed by atoms with van der Waals surface area (Å²) in [5.74, 6) is 2.06. The molecular formula is C12H20N2S2. The quantitative estimate of drug-likeness (QED) is 0.637. The lowest BCUT2D eigenvalue weighted by atomic mass is 10.1. The number of thioether (sulfide) groups is 2. The smallest absolute Gasteiger partial charge is 0.0506 e. The van der Waals surface area contributed by atoms with Gasteiger partial charge in [0, 0.05) is 9.79 Å². The van der Waals surface area contributed by atoms with Crippen LogP contribution in [0.3, 0.4) is 0 Å². The second-order valence-corrected chi connectivity index (χ2v) is 6.15. The molecule has 1 rings (SSSR count). The number of hydrogen-bond acceptors (Lipinski definition) is 4. The summed E-state index contributed by atoms with van der Waals surface area (Å²) in [4.78, 5) is 2.40. The van der Waals surface area contributed by atoms with Crippen molar-refractivity contribution in [3.63, 3.8) is 0 Å². The molecule has 4 heteroatoms. The SMILES string of the molecule is CCSc1c(C)c(SCC)c(N)c(C)c1N. The Hall–Kier alpha value is -0.480. The molecule has 0 bridgehead atoms. The van der Waals surface area contributed by atoms with Crippen molar-refractivity contribution in [2.45, 2.75) is 37.5 Å². The minimum absolute atomic E-state index is 0.849. The van der Waals surface area contributed by atoms with Crippen LogP contribution in [-0.2, 0) is 0 Å². The maximum Gasteiger partial charge on any atom is 0.0506 e. The largest absolute Gasteiger partial charge is 0.398 e. The molecule has 0 atom stereocenters. The van der Waals surface area contributed by atoms with Crippen LogP contribution in [0.5, 0.6) is 0 Å². The third-order valence-corrected chi connectivity index (χ3v) is 4.76. The molecule has 0 aliphatic rings. The number of anilines is 2. The van der Waals surface area contributed by atoms with E-state index >= 15 is 0 Å². The van der Waals surface area contributed by atoms with E-state index in [1.54, 1.807) is 23.5 Å². The molecule has 0 amide bonds. The molecule has 0 aliphatic heterocycles. The molecule has 0 aromatic heterocycles. The lowest BCUT2D eigenvalue weighted by molar-refractivity contribution is 1.17. The van der Waals surface area contributed by atoms with Gasteiger partial charge < -0.3 is 11.5 Å². The first-order valence-corrected chi connectivity index (χ1v) is 7.45. The average Bonchev–Trinajstić information content (AvgIpc) is 2.28. The van der Waals surface area contributed by atoms with E-state index in [-0.39, 0.29) is 0 Å². The molecule has 0 unspecified atom stereocenters. The summed E-state index contributed by atoms with van der Waals surface area (Å²) < 4.78 is 0. The molecular weight excluding hydrogens is 236 g/mol. The Bertz CT molecular complexity index is 356. The van der Waals surface area contributed by atoms with E-state index in [1.165, 1.54) is 15.4 Å². The minimum Gasteiger partial charge on any atom is -0.398 e. The van der Waals surface area contributed by atoms with Crippen LogP contribution >= 0.6 is 23.5 Å². The van der Waals surface area contributed by atoms with Gasteiger partial charge in [0.2, 0.25) is 0 Å². The number of nitrogens with two attached hydrogens (primary N) is 2. The van der Waals surface area contributed by atoms with E-state index in [9.17, 15) is 0 Å². The highest BCUT2D eigenvalue weighted by Gasteiger charge is 2.15. The second kappa shape index (κ2) is 5.73. The van der Waals surface area contributed by atoms with E-state index in [1.807, 2.05) is 6.92 Å². The average molecular weight is 256 g/mol. The Labute approximate surface area is 107 Å². The molecule has 0 radical (unpaired) electrons. The predicted octanol–water partition coefficient (Wildman–Crippen LogP) is 3.69. The first kappa shape index (κ1) is 13.6. The van der Waals surface area contributed by atoms with Gasteiger partial charge in [-0.15, -0.1) is 23.5 Å². The van der Waals surface area contributed by atoms with Gasteiger partial charge in [-0.2, -0.15) is 0 Å². The van der Waals surface area contributed by atoms with Crippen molar-refractivity contribution in [1.29, 1.82) is 0 Å². The Morgan fingerprint density at radius 3 is 1.50 bits per heavy atom. The zero-order chi connectivity index (χ0) is 12.3. The zero-order valence-electron chi connectivity index (χ0n) is 10.4. The number of benzene rings is 1. The van der Waals surface area contributed by atoms with Crippen molar-refractivity contribution in [3.05, 3.63) is 11.1 Å². The lowest BCUT2D eigenvalue weighted by Gasteiger charge is -2.18. The van der Waals surface area contributed by atoms with Crippen LogP contribution < -0.4 is 11.5 Å². The number of rotatable bonds is 4. The maximum atomic E-state index is 6.13. The second-order valence-electron chi connectivity index (χ2n) is 3.60. The summed E-state index contributed by atoms with van der Waals surface area (Å²) >= 11 is 3.60. The molecule has 0 fully saturated rings. The topological polar surface area (TPSA) is 52.0 Å². The van der Waals surface area contributed by atoms with Crippen LogP contribution in [0.2, 0.25) is 0 Å². The van der Waals surface area contributed by atoms with E-state index < -0.39 is 0 Å². The highest BCUT2D eigenvalue weighted by Crippen LogP contribution is 2.41. The highest BCUT2D eigenvalue weighted by molar-refractivity contribution is 8.00. The standard InChI is InChI=1S/C12H20N2S2/c1-5-15-11-8(4)12(16-6-2)10(14)7(3)9(11)13/h5-6,13-14H2,1-4H3. The summed E-state index contributed by atoms with van der Waals surface area (Å²) in [6, 6.07) is 0. The summed E-state index contributed by atoms with van der Waals surface area (Å²) in [6.45, 7) is 8.40. The van der Waals surface area contributed by atoms with Crippen molar-refractivity contribution in [1.82, 2.24) is 0 Å². The normalized spacial score (nSPS) is 10.8. The predicted molar refractivity (Wildman–Crippen MR) is 77.5 cm³/mol. The summed E-state index contributed by atoms with van der Waals surface area (Å²) in [6.07, 6.45) is 0. The molecule has 16 heavy (non-hydrogen) atoms. The number of nitrogen functional groups attached to an aromatic ring is 2. The van der Waals surface area contributed by atoms with Crippen molar-refractivity contribution >= 4 is 34.9 Å². The summed E-state index contributed by atoms with van der Waals surface area (Å²) in [5, 5.41) is 0. The fourth-order valence-electron chi connectivity index (χ4n) is 1.65. The molecule has 0 spiro atoms. The van der Waals surface area contributed by atoms with E-state index in [4.69, 9.17) is 11.5 Å². The van der Waals surface area contributed by atoms with Gasteiger partial charge in [0.05, 0.1) is 11.4 Å². The monoisotopic (exact) mass is 256 g/mol. The van der Waals surface area contributed by atoms with Gasteiger partial charge in [-0.3, -0.25) is 0 Å². The van der Waals surface area contributed by atoms with Gasteiger partial charge in [0.15, 0.2) is 0 Å². The first-order valence-electron chi connectivity index (χ1n) is 5.48. The Balaban J connectivity index is 3.39. The van der Waals surface area contributed by atoms with Gasteiger partial charge in [-0.25, -0.2) is 0 Å². The molecule has 0 aliphatic carbocycles. The third kappa shape index (κ3) is 2.43. The van der Waals surface area contributed by atoms with Crippen molar-refractivity contribution in [2.24, 2.45) is 0 Å². The molecule has 4 N–H and O–H groups in total. The van der Waals surface area contributed by atoms with Gasteiger partial charge in [-0.1, -0.05) is 13.8 Å². The Kier molecular flexibility index (Phi) is 4.87. The molecule has 90 valence electrons. The molecule has 1 aromatic rings. The fourth-order valence-corrected chi connectivity index (χ4v) is 3.55. The van der Waals surface area contributed by atoms with Crippen LogP contribution in [0.25, 0.3) is 0 Å². The van der Waals surface area contributed by atoms with Crippen LogP contribution in [-0.4, -0.2) is 11.5 Å². The van der Waals surface area contributed by atoms with E-state index in [0.717, 1.165) is 28.4 Å². The van der Waals surface area contributed by atoms with Crippen molar-refractivity contribution < 1.29 is 0 Å². The van der Waals surface area contributed by atoms with Crippen LogP contribution in [0.15, 0.2) is 9.79 Å². The fraction of sp³-hybridized carbons (Fsp3) is 0.500. The van der Waals surface area contributed by atoms with Crippen molar-refractivity contribution in [2.75, 3.05) is 23.0 Å². The van der Waals surface area contributed by atoms with Crippen LogP contribution in [0.1, 0.15) is 25.0 Å². The maximum absolute atomic E-state index is 6.13. The lowest BCUT2D eigenvalue weighted by Crippen LogP contribution is -2.03. The Morgan fingerprint density at radius 2 is 1.19 bits per heavy atom. The van der Waals surface area contributed by atoms with Crippen LogP contribution in [0.4, 0.5) is 11.4 Å².